The maximum absolute atomic E-state index is 11.7. The minimum absolute atomic E-state index is 0.00647. The van der Waals surface area contributed by atoms with Gasteiger partial charge in [-0.1, -0.05) is 26.2 Å². The first-order valence-electron chi connectivity index (χ1n) is 6.68. The minimum Gasteiger partial charge on any atom is -0.481 e. The van der Waals surface area contributed by atoms with Crippen LogP contribution >= 0.6 is 0 Å². The molecule has 0 saturated heterocycles. The van der Waals surface area contributed by atoms with Gasteiger partial charge in [0, 0.05) is 6.61 Å². The summed E-state index contributed by atoms with van der Waals surface area (Å²) in [5, 5.41) is 11.9. The minimum atomic E-state index is -0.855. The molecular formula is C13H23NO4. The number of ether oxygens (including phenoxy) is 1. The van der Waals surface area contributed by atoms with E-state index in [1.165, 1.54) is 0 Å². The number of carboxylic acids is 1. The monoisotopic (exact) mass is 257 g/mol. The summed E-state index contributed by atoms with van der Waals surface area (Å²) in [4.78, 5) is 22.7. The Morgan fingerprint density at radius 1 is 1.28 bits per heavy atom. The van der Waals surface area contributed by atoms with Crippen molar-refractivity contribution in [1.29, 1.82) is 0 Å². The molecule has 1 fully saturated rings. The van der Waals surface area contributed by atoms with Crippen LogP contribution in [0.5, 0.6) is 0 Å². The third kappa shape index (κ3) is 5.04. The van der Waals surface area contributed by atoms with Crippen molar-refractivity contribution in [3.05, 3.63) is 0 Å². The fourth-order valence-electron chi connectivity index (χ4n) is 2.51. The van der Waals surface area contributed by atoms with Gasteiger partial charge < -0.3 is 15.2 Å². The van der Waals surface area contributed by atoms with E-state index in [1.54, 1.807) is 0 Å². The summed E-state index contributed by atoms with van der Waals surface area (Å²) in [5.74, 6) is -1.06. The summed E-state index contributed by atoms with van der Waals surface area (Å²) < 4.78 is 5.18. The Bertz CT molecular complexity index is 285. The van der Waals surface area contributed by atoms with Gasteiger partial charge in [0.05, 0.1) is 12.0 Å². The van der Waals surface area contributed by atoms with Gasteiger partial charge in [-0.25, -0.2) is 0 Å². The molecule has 0 spiro atoms. The van der Waals surface area contributed by atoms with E-state index in [0.29, 0.717) is 6.61 Å². The summed E-state index contributed by atoms with van der Waals surface area (Å²) >= 11 is 0. The molecule has 1 saturated carbocycles. The van der Waals surface area contributed by atoms with Crippen molar-refractivity contribution in [2.75, 3.05) is 13.2 Å². The summed E-state index contributed by atoms with van der Waals surface area (Å²) in [6.07, 6.45) is 5.44. The van der Waals surface area contributed by atoms with Crippen LogP contribution in [-0.2, 0) is 14.3 Å². The Labute approximate surface area is 108 Å². The Hall–Kier alpha value is -1.10. The molecule has 1 aliphatic rings. The highest BCUT2D eigenvalue weighted by molar-refractivity contribution is 5.79. The summed E-state index contributed by atoms with van der Waals surface area (Å²) in [5.41, 5.74) is -0.559. The molecule has 0 radical (unpaired) electrons. The maximum Gasteiger partial charge on any atom is 0.305 e. The zero-order valence-electron chi connectivity index (χ0n) is 11.0. The molecule has 0 aromatic heterocycles. The first kappa shape index (κ1) is 15.0. The van der Waals surface area contributed by atoms with E-state index < -0.39 is 11.5 Å². The van der Waals surface area contributed by atoms with E-state index in [9.17, 15) is 9.59 Å². The topological polar surface area (TPSA) is 75.6 Å². The van der Waals surface area contributed by atoms with Crippen molar-refractivity contribution in [2.45, 2.75) is 57.4 Å². The lowest BCUT2D eigenvalue weighted by molar-refractivity contribution is -0.140. The van der Waals surface area contributed by atoms with Gasteiger partial charge in [0.2, 0.25) is 5.91 Å². The van der Waals surface area contributed by atoms with Gasteiger partial charge in [0.15, 0.2) is 0 Å². The van der Waals surface area contributed by atoms with Crippen molar-refractivity contribution in [3.8, 4) is 0 Å². The number of amides is 1. The maximum atomic E-state index is 11.7. The third-order valence-corrected chi connectivity index (χ3v) is 3.29. The number of aliphatic carboxylic acids is 1. The van der Waals surface area contributed by atoms with E-state index >= 15 is 0 Å². The smallest absolute Gasteiger partial charge is 0.305 e. The zero-order chi connectivity index (χ0) is 13.4. The fraction of sp³-hybridized carbons (Fsp3) is 0.846. The van der Waals surface area contributed by atoms with Crippen LogP contribution in [-0.4, -0.2) is 35.7 Å². The molecule has 2 N–H and O–H groups in total. The Balaban J connectivity index is 2.49. The van der Waals surface area contributed by atoms with Crippen LogP contribution < -0.4 is 5.32 Å². The highest BCUT2D eigenvalue weighted by atomic mass is 16.5. The number of hydrogen-bond donors (Lipinski definition) is 2. The van der Waals surface area contributed by atoms with Crippen LogP contribution in [0.4, 0.5) is 0 Å². The first-order chi connectivity index (χ1) is 8.58. The Kier molecular flexibility index (Phi) is 6.12. The molecule has 104 valence electrons. The van der Waals surface area contributed by atoms with Crippen LogP contribution in [0.1, 0.15) is 51.9 Å². The summed E-state index contributed by atoms with van der Waals surface area (Å²) in [6, 6.07) is 0. The highest BCUT2D eigenvalue weighted by Crippen LogP contribution is 2.31. The van der Waals surface area contributed by atoms with Crippen LogP contribution in [0, 0.1) is 0 Å². The average Bonchev–Trinajstić information content (AvgIpc) is 2.29. The Morgan fingerprint density at radius 2 is 1.94 bits per heavy atom. The SMILES string of the molecule is CCCOCC(=O)NC1(CC(=O)O)CCCCC1. The lowest BCUT2D eigenvalue weighted by atomic mass is 9.79. The van der Waals surface area contributed by atoms with E-state index in [4.69, 9.17) is 9.84 Å². The van der Waals surface area contributed by atoms with E-state index in [1.807, 2.05) is 6.92 Å². The first-order valence-corrected chi connectivity index (χ1v) is 6.68. The second kappa shape index (κ2) is 7.36. The number of rotatable bonds is 7. The largest absolute Gasteiger partial charge is 0.481 e. The van der Waals surface area contributed by atoms with Gasteiger partial charge in [-0.05, 0) is 19.3 Å². The molecule has 1 aliphatic carbocycles. The van der Waals surface area contributed by atoms with Crippen molar-refractivity contribution >= 4 is 11.9 Å². The zero-order valence-corrected chi connectivity index (χ0v) is 11.0. The molecule has 1 amide bonds. The molecule has 0 aromatic rings. The molecule has 0 aromatic carbocycles. The van der Waals surface area contributed by atoms with Gasteiger partial charge in [0.1, 0.15) is 6.61 Å². The molecule has 0 bridgehead atoms. The molecule has 1 rings (SSSR count). The highest BCUT2D eigenvalue weighted by Gasteiger charge is 2.35. The van der Waals surface area contributed by atoms with Gasteiger partial charge in [-0.15, -0.1) is 0 Å². The molecular weight excluding hydrogens is 234 g/mol. The third-order valence-electron chi connectivity index (χ3n) is 3.29. The lowest BCUT2D eigenvalue weighted by Gasteiger charge is -2.37. The average molecular weight is 257 g/mol. The summed E-state index contributed by atoms with van der Waals surface area (Å²) in [7, 11) is 0. The molecule has 18 heavy (non-hydrogen) atoms. The standard InChI is InChI=1S/C13H23NO4/c1-2-8-18-10-11(15)14-13(9-12(16)17)6-4-3-5-7-13/h2-10H2,1H3,(H,14,15)(H,16,17). The second-order valence-electron chi connectivity index (χ2n) is 5.01. The molecule has 0 atom stereocenters. The molecule has 0 unspecified atom stereocenters. The van der Waals surface area contributed by atoms with Crippen LogP contribution in [0.3, 0.4) is 0 Å². The lowest BCUT2D eigenvalue weighted by Crippen LogP contribution is -2.52. The molecule has 5 heteroatoms. The van der Waals surface area contributed by atoms with Crippen LogP contribution in [0.15, 0.2) is 0 Å². The van der Waals surface area contributed by atoms with Crippen molar-refractivity contribution in [2.24, 2.45) is 0 Å². The van der Waals surface area contributed by atoms with Gasteiger partial charge in [-0.3, -0.25) is 9.59 Å². The summed E-state index contributed by atoms with van der Waals surface area (Å²) in [6.45, 7) is 2.56. The van der Waals surface area contributed by atoms with E-state index in [0.717, 1.165) is 38.5 Å². The van der Waals surface area contributed by atoms with Crippen molar-refractivity contribution < 1.29 is 19.4 Å². The van der Waals surface area contributed by atoms with Gasteiger partial charge in [0.25, 0.3) is 0 Å². The Morgan fingerprint density at radius 3 is 2.50 bits per heavy atom. The fourth-order valence-corrected chi connectivity index (χ4v) is 2.51. The molecule has 0 aliphatic heterocycles. The number of carbonyl (C=O) groups is 2. The predicted octanol–water partition coefficient (Wildman–Crippen LogP) is 1.71. The van der Waals surface area contributed by atoms with Crippen LogP contribution in [0.25, 0.3) is 0 Å². The van der Waals surface area contributed by atoms with Crippen LogP contribution in [0.2, 0.25) is 0 Å². The number of hydrogen-bond acceptors (Lipinski definition) is 3. The van der Waals surface area contributed by atoms with Gasteiger partial charge in [-0.2, -0.15) is 0 Å². The second-order valence-corrected chi connectivity index (χ2v) is 5.01. The normalized spacial score (nSPS) is 18.3. The van der Waals surface area contributed by atoms with E-state index in [-0.39, 0.29) is 18.9 Å². The molecule has 0 heterocycles. The molecule has 5 nitrogen and oxygen atoms in total. The van der Waals surface area contributed by atoms with Crippen molar-refractivity contribution in [1.82, 2.24) is 5.32 Å². The van der Waals surface area contributed by atoms with Crippen molar-refractivity contribution in [3.63, 3.8) is 0 Å². The van der Waals surface area contributed by atoms with Gasteiger partial charge >= 0.3 is 5.97 Å². The number of carboxylic acid groups (broad SMARTS) is 1. The quantitative estimate of drug-likeness (QED) is 0.681. The number of carbonyl (C=O) groups excluding carboxylic acids is 1. The van der Waals surface area contributed by atoms with E-state index in [2.05, 4.69) is 5.32 Å². The predicted molar refractivity (Wildman–Crippen MR) is 67.3 cm³/mol. The number of nitrogens with one attached hydrogen (secondary N) is 1.